The molecule has 1 amide bonds. The topological polar surface area (TPSA) is 52.2 Å². The number of carbonyl (C=O) groups is 1. The van der Waals surface area contributed by atoms with Crippen LogP contribution >= 0.6 is 11.6 Å². The van der Waals surface area contributed by atoms with Crippen LogP contribution in [-0.4, -0.2) is 52.1 Å². The minimum Gasteiger partial charge on any atom is -0.339 e. The fourth-order valence-corrected chi connectivity index (χ4v) is 4.49. The van der Waals surface area contributed by atoms with Crippen molar-refractivity contribution in [1.29, 1.82) is 0 Å². The summed E-state index contributed by atoms with van der Waals surface area (Å²) < 4.78 is 0. The second-order valence-corrected chi connectivity index (χ2v) is 7.96. The molecule has 2 aliphatic rings. The van der Waals surface area contributed by atoms with Crippen LogP contribution in [0.15, 0.2) is 36.7 Å². The van der Waals surface area contributed by atoms with Crippen LogP contribution in [0.1, 0.15) is 35.2 Å². The van der Waals surface area contributed by atoms with Crippen LogP contribution in [0.3, 0.4) is 0 Å². The number of H-pyrrole nitrogens is 1. The predicted octanol–water partition coefficient (Wildman–Crippen LogP) is 3.44. The average Bonchev–Trinajstić information content (AvgIpc) is 3.35. The van der Waals surface area contributed by atoms with Crippen molar-refractivity contribution in [2.45, 2.75) is 25.8 Å². The van der Waals surface area contributed by atoms with E-state index in [2.05, 4.69) is 27.2 Å². The van der Waals surface area contributed by atoms with Crippen molar-refractivity contribution in [3.63, 3.8) is 0 Å². The summed E-state index contributed by atoms with van der Waals surface area (Å²) in [6.45, 7) is 5.07. The Hall–Kier alpha value is -1.85. The predicted molar refractivity (Wildman–Crippen MR) is 102 cm³/mol. The summed E-state index contributed by atoms with van der Waals surface area (Å²) in [5.74, 6) is 1.60. The smallest absolute Gasteiger partial charge is 0.257 e. The normalized spacial score (nSPS) is 22.0. The molecule has 0 saturated carbocycles. The molecule has 2 aromatic rings. The van der Waals surface area contributed by atoms with Gasteiger partial charge in [0.25, 0.3) is 5.91 Å². The van der Waals surface area contributed by atoms with Crippen LogP contribution in [0, 0.1) is 11.8 Å². The van der Waals surface area contributed by atoms with Crippen LogP contribution in [0.25, 0.3) is 0 Å². The molecule has 6 heteroatoms. The van der Waals surface area contributed by atoms with Gasteiger partial charge in [0.1, 0.15) is 0 Å². The lowest BCUT2D eigenvalue weighted by atomic mass is 9.83. The van der Waals surface area contributed by atoms with E-state index in [1.54, 1.807) is 12.4 Å². The zero-order valence-corrected chi connectivity index (χ0v) is 15.7. The summed E-state index contributed by atoms with van der Waals surface area (Å²) in [5.41, 5.74) is 1.99. The molecule has 5 nitrogen and oxygen atoms in total. The first-order valence-electron chi connectivity index (χ1n) is 9.44. The first kappa shape index (κ1) is 17.6. The maximum absolute atomic E-state index is 12.4. The number of aromatic nitrogens is 2. The number of carbonyl (C=O) groups excluding carboxylic acids is 1. The van der Waals surface area contributed by atoms with Gasteiger partial charge in [-0.2, -0.15) is 5.10 Å². The van der Waals surface area contributed by atoms with Gasteiger partial charge in [0.15, 0.2) is 0 Å². The maximum Gasteiger partial charge on any atom is 0.257 e. The molecule has 0 unspecified atom stereocenters. The van der Waals surface area contributed by atoms with Gasteiger partial charge >= 0.3 is 0 Å². The highest BCUT2D eigenvalue weighted by Gasteiger charge is 2.33. The molecule has 0 bridgehead atoms. The van der Waals surface area contributed by atoms with Crippen LogP contribution in [-0.2, 0) is 6.54 Å². The number of hydrogen-bond donors (Lipinski definition) is 1. The number of halogens is 1. The van der Waals surface area contributed by atoms with Crippen molar-refractivity contribution in [2.24, 2.45) is 11.8 Å². The molecule has 0 aliphatic carbocycles. The molecule has 2 fully saturated rings. The highest BCUT2D eigenvalue weighted by molar-refractivity contribution is 6.30. The SMILES string of the molecule is O=C(c1cn[nH]c1)N1CCC([C@H]2CCN(Cc3ccc(Cl)cc3)C2)CC1. The number of piperidine rings is 1. The van der Waals surface area contributed by atoms with Crippen molar-refractivity contribution in [1.82, 2.24) is 20.0 Å². The molecule has 1 atom stereocenters. The van der Waals surface area contributed by atoms with Crippen LogP contribution in [0.2, 0.25) is 5.02 Å². The molecular weight excluding hydrogens is 348 g/mol. The van der Waals surface area contributed by atoms with Gasteiger partial charge < -0.3 is 4.90 Å². The molecule has 1 N–H and O–H groups in total. The van der Waals surface area contributed by atoms with Crippen molar-refractivity contribution >= 4 is 17.5 Å². The lowest BCUT2D eigenvalue weighted by Crippen LogP contribution is -2.40. The first-order chi connectivity index (χ1) is 12.7. The van der Waals surface area contributed by atoms with Gasteiger partial charge in [-0.05, 0) is 55.3 Å². The highest BCUT2D eigenvalue weighted by atomic mass is 35.5. The van der Waals surface area contributed by atoms with E-state index in [-0.39, 0.29) is 5.91 Å². The number of rotatable bonds is 4. The Labute approximate surface area is 159 Å². The van der Waals surface area contributed by atoms with E-state index < -0.39 is 0 Å². The minimum atomic E-state index is 0.105. The second kappa shape index (κ2) is 7.80. The van der Waals surface area contributed by atoms with Gasteiger partial charge in [-0.25, -0.2) is 0 Å². The van der Waals surface area contributed by atoms with Crippen LogP contribution in [0.5, 0.6) is 0 Å². The summed E-state index contributed by atoms with van der Waals surface area (Å²) in [6.07, 6.45) is 6.79. The summed E-state index contributed by atoms with van der Waals surface area (Å²) in [6, 6.07) is 8.18. The quantitative estimate of drug-likeness (QED) is 0.894. The average molecular weight is 373 g/mol. The summed E-state index contributed by atoms with van der Waals surface area (Å²) in [5, 5.41) is 7.40. The van der Waals surface area contributed by atoms with Gasteiger partial charge in [0.2, 0.25) is 0 Å². The van der Waals surface area contributed by atoms with Crippen LogP contribution in [0.4, 0.5) is 0 Å². The number of benzene rings is 1. The van der Waals surface area contributed by atoms with E-state index in [4.69, 9.17) is 11.6 Å². The molecule has 4 rings (SSSR count). The Morgan fingerprint density at radius 2 is 1.85 bits per heavy atom. The largest absolute Gasteiger partial charge is 0.339 e. The lowest BCUT2D eigenvalue weighted by molar-refractivity contribution is 0.0659. The van der Waals surface area contributed by atoms with Gasteiger partial charge in [0.05, 0.1) is 11.8 Å². The third kappa shape index (κ3) is 3.94. The minimum absolute atomic E-state index is 0.105. The Morgan fingerprint density at radius 3 is 2.54 bits per heavy atom. The number of aromatic amines is 1. The van der Waals surface area contributed by atoms with E-state index in [1.807, 2.05) is 17.0 Å². The zero-order valence-electron chi connectivity index (χ0n) is 14.9. The fraction of sp³-hybridized carbons (Fsp3) is 0.500. The molecule has 1 aromatic carbocycles. The summed E-state index contributed by atoms with van der Waals surface area (Å²) in [4.78, 5) is 16.9. The van der Waals surface area contributed by atoms with Crippen molar-refractivity contribution in [2.75, 3.05) is 26.2 Å². The first-order valence-corrected chi connectivity index (χ1v) is 9.81. The monoisotopic (exact) mass is 372 g/mol. The molecule has 2 saturated heterocycles. The number of nitrogens with zero attached hydrogens (tertiary/aromatic N) is 3. The standard InChI is InChI=1S/C20H25ClN4O/c21-19-3-1-15(2-4-19)13-24-8-5-17(14-24)16-6-9-25(10-7-16)20(26)18-11-22-23-12-18/h1-4,11-12,16-17H,5-10,13-14H2,(H,22,23)/t17-/m0/s1. The maximum atomic E-state index is 12.4. The van der Waals surface area contributed by atoms with Crippen molar-refractivity contribution in [3.8, 4) is 0 Å². The molecule has 2 aliphatic heterocycles. The number of hydrogen-bond acceptors (Lipinski definition) is 3. The fourth-order valence-electron chi connectivity index (χ4n) is 4.36. The van der Waals surface area contributed by atoms with Gasteiger partial charge in [-0.15, -0.1) is 0 Å². The highest BCUT2D eigenvalue weighted by Crippen LogP contribution is 2.32. The van der Waals surface area contributed by atoms with Gasteiger partial charge in [-0.3, -0.25) is 14.8 Å². The van der Waals surface area contributed by atoms with E-state index in [0.29, 0.717) is 5.56 Å². The molecule has 0 spiro atoms. The van der Waals surface area contributed by atoms with Crippen LogP contribution < -0.4 is 0 Å². The molecule has 138 valence electrons. The molecule has 1 aromatic heterocycles. The van der Waals surface area contributed by atoms with E-state index in [1.165, 1.54) is 25.1 Å². The van der Waals surface area contributed by atoms with E-state index in [9.17, 15) is 4.79 Å². The Balaban J connectivity index is 1.26. The Kier molecular flexibility index (Phi) is 5.27. The number of amides is 1. The number of likely N-dealkylation sites (tertiary alicyclic amines) is 2. The number of nitrogens with one attached hydrogen (secondary N) is 1. The van der Waals surface area contributed by atoms with Crippen molar-refractivity contribution in [3.05, 3.63) is 52.8 Å². The lowest BCUT2D eigenvalue weighted by Gasteiger charge is -2.34. The molecule has 0 radical (unpaired) electrons. The molecule has 26 heavy (non-hydrogen) atoms. The van der Waals surface area contributed by atoms with E-state index >= 15 is 0 Å². The summed E-state index contributed by atoms with van der Waals surface area (Å²) >= 11 is 5.97. The third-order valence-electron chi connectivity index (χ3n) is 5.87. The Bertz CT molecular complexity index is 723. The van der Waals surface area contributed by atoms with Gasteiger partial charge in [0, 0.05) is 37.4 Å². The molecular formula is C20H25ClN4O. The second-order valence-electron chi connectivity index (χ2n) is 7.53. The third-order valence-corrected chi connectivity index (χ3v) is 6.12. The summed E-state index contributed by atoms with van der Waals surface area (Å²) in [7, 11) is 0. The molecule has 3 heterocycles. The van der Waals surface area contributed by atoms with Crippen molar-refractivity contribution < 1.29 is 4.79 Å². The van der Waals surface area contributed by atoms with E-state index in [0.717, 1.165) is 49.3 Å². The Morgan fingerprint density at radius 1 is 1.12 bits per heavy atom. The zero-order chi connectivity index (χ0) is 17.9. The van der Waals surface area contributed by atoms with Gasteiger partial charge in [-0.1, -0.05) is 23.7 Å².